The Hall–Kier alpha value is -2.84. The number of aromatic nitrogens is 1. The van der Waals surface area contributed by atoms with Crippen molar-refractivity contribution in [3.8, 4) is 16.2 Å². The summed E-state index contributed by atoms with van der Waals surface area (Å²) in [7, 11) is 0. The van der Waals surface area contributed by atoms with Gasteiger partial charge in [0, 0.05) is 36.4 Å². The fraction of sp³-hybridized carbons (Fsp3) is 0.320. The molecule has 3 heterocycles. The van der Waals surface area contributed by atoms with E-state index in [0.717, 1.165) is 44.5 Å². The van der Waals surface area contributed by atoms with Gasteiger partial charge < -0.3 is 15.0 Å². The number of carbonyl (C=O) groups excluding carboxylic acids is 2. The number of benzene rings is 2. The summed E-state index contributed by atoms with van der Waals surface area (Å²) >= 11 is 3.23. The van der Waals surface area contributed by atoms with E-state index in [0.29, 0.717) is 31.0 Å². The van der Waals surface area contributed by atoms with Gasteiger partial charge in [0.2, 0.25) is 0 Å². The van der Waals surface area contributed by atoms with E-state index in [1.165, 1.54) is 0 Å². The Morgan fingerprint density at radius 3 is 2.91 bits per heavy atom. The first-order valence-corrected chi connectivity index (χ1v) is 12.9. The second kappa shape index (κ2) is 9.19. The lowest BCUT2D eigenvalue weighted by Crippen LogP contribution is -2.42. The van der Waals surface area contributed by atoms with E-state index < -0.39 is 0 Å². The predicted molar refractivity (Wildman–Crippen MR) is 132 cm³/mol. The Bertz CT molecular complexity index is 1220. The number of carbonyl (C=O) groups is 2. The molecule has 0 bridgehead atoms. The van der Waals surface area contributed by atoms with Crippen molar-refractivity contribution >= 4 is 34.9 Å². The first-order chi connectivity index (χ1) is 16.0. The molecule has 0 spiro atoms. The third kappa shape index (κ3) is 4.37. The van der Waals surface area contributed by atoms with Gasteiger partial charge in [0.25, 0.3) is 11.8 Å². The van der Waals surface area contributed by atoms with E-state index in [9.17, 15) is 9.59 Å². The second-order valence-electron chi connectivity index (χ2n) is 8.19. The fourth-order valence-corrected chi connectivity index (χ4v) is 6.39. The number of thiazole rings is 1. The highest BCUT2D eigenvalue weighted by Gasteiger charge is 2.33. The Kier molecular flexibility index (Phi) is 6.12. The van der Waals surface area contributed by atoms with Crippen molar-refractivity contribution in [1.29, 1.82) is 0 Å². The van der Waals surface area contributed by atoms with Gasteiger partial charge in [-0.3, -0.25) is 9.59 Å². The third-order valence-corrected chi connectivity index (χ3v) is 8.14. The minimum atomic E-state index is -0.123. The van der Waals surface area contributed by atoms with Crippen molar-refractivity contribution in [1.82, 2.24) is 15.2 Å². The minimum absolute atomic E-state index is 0.0749. The van der Waals surface area contributed by atoms with Crippen LogP contribution in [0.5, 0.6) is 5.75 Å². The largest absolute Gasteiger partial charge is 0.493 e. The lowest BCUT2D eigenvalue weighted by molar-refractivity contribution is 0.0747. The Morgan fingerprint density at radius 1 is 1.21 bits per heavy atom. The zero-order chi connectivity index (χ0) is 22.9. The van der Waals surface area contributed by atoms with Gasteiger partial charge in [0.15, 0.2) is 0 Å². The van der Waals surface area contributed by atoms with Crippen molar-refractivity contribution in [3.63, 3.8) is 0 Å². The molecule has 1 aromatic heterocycles. The van der Waals surface area contributed by atoms with E-state index in [2.05, 4.69) is 16.4 Å². The summed E-state index contributed by atoms with van der Waals surface area (Å²) in [5.41, 5.74) is 4.28. The van der Waals surface area contributed by atoms with E-state index >= 15 is 0 Å². The summed E-state index contributed by atoms with van der Waals surface area (Å²) < 4.78 is 5.58. The molecular formula is C25H25N3O3S2. The molecule has 1 N–H and O–H groups in total. The van der Waals surface area contributed by atoms with Crippen LogP contribution in [0, 0.1) is 13.8 Å². The number of fused-ring (bicyclic) bond motifs is 1. The SMILES string of the molecule is Cc1cccc(-c2sc(C)nc2C(=O)N2CCSC2CNC(=O)c2cccc3c2CCO3)c1. The molecule has 170 valence electrons. The average Bonchev–Trinajstić information content (AvgIpc) is 3.55. The molecule has 1 atom stereocenters. The van der Waals surface area contributed by atoms with Crippen LogP contribution < -0.4 is 10.1 Å². The predicted octanol–water partition coefficient (Wildman–Crippen LogP) is 4.31. The smallest absolute Gasteiger partial charge is 0.274 e. The highest BCUT2D eigenvalue weighted by molar-refractivity contribution is 8.00. The molecule has 6 nitrogen and oxygen atoms in total. The molecule has 5 rings (SSSR count). The summed E-state index contributed by atoms with van der Waals surface area (Å²) in [6.07, 6.45) is 0.743. The first kappa shape index (κ1) is 22.0. The molecule has 1 saturated heterocycles. The number of rotatable bonds is 5. The number of hydrogen-bond acceptors (Lipinski definition) is 6. The maximum absolute atomic E-state index is 13.5. The lowest BCUT2D eigenvalue weighted by Gasteiger charge is -2.24. The van der Waals surface area contributed by atoms with Crippen molar-refractivity contribution in [3.05, 3.63) is 69.9 Å². The number of thioether (sulfide) groups is 1. The zero-order valence-corrected chi connectivity index (χ0v) is 20.2. The van der Waals surface area contributed by atoms with Gasteiger partial charge in [0.1, 0.15) is 11.4 Å². The van der Waals surface area contributed by atoms with E-state index in [1.54, 1.807) is 23.1 Å². The monoisotopic (exact) mass is 479 g/mol. The molecule has 33 heavy (non-hydrogen) atoms. The summed E-state index contributed by atoms with van der Waals surface area (Å²) in [6, 6.07) is 13.7. The van der Waals surface area contributed by atoms with Crippen LogP contribution in [0.1, 0.15) is 37.0 Å². The number of nitrogens with one attached hydrogen (secondary N) is 1. The van der Waals surface area contributed by atoms with Crippen LogP contribution in [0.3, 0.4) is 0 Å². The fourth-order valence-electron chi connectivity index (χ4n) is 4.32. The number of hydrogen-bond donors (Lipinski definition) is 1. The van der Waals surface area contributed by atoms with Crippen molar-refractivity contribution < 1.29 is 14.3 Å². The van der Waals surface area contributed by atoms with Crippen LogP contribution >= 0.6 is 23.1 Å². The van der Waals surface area contributed by atoms with Gasteiger partial charge >= 0.3 is 0 Å². The van der Waals surface area contributed by atoms with Crippen LogP contribution in [0.2, 0.25) is 0 Å². The van der Waals surface area contributed by atoms with Crippen molar-refractivity contribution in [2.75, 3.05) is 25.4 Å². The van der Waals surface area contributed by atoms with Crippen molar-refractivity contribution in [2.45, 2.75) is 25.6 Å². The molecule has 8 heteroatoms. The van der Waals surface area contributed by atoms with Crippen LogP contribution in [-0.4, -0.2) is 52.5 Å². The normalized spacial score (nSPS) is 17.0. The highest BCUT2D eigenvalue weighted by Crippen LogP contribution is 2.34. The van der Waals surface area contributed by atoms with Gasteiger partial charge in [-0.15, -0.1) is 23.1 Å². The number of amides is 2. The Labute approximate surface area is 201 Å². The number of ether oxygens (including phenoxy) is 1. The minimum Gasteiger partial charge on any atom is -0.493 e. The molecule has 1 fully saturated rings. The van der Waals surface area contributed by atoms with Crippen LogP contribution in [0.25, 0.3) is 10.4 Å². The second-order valence-corrected chi connectivity index (χ2v) is 10.7. The summed E-state index contributed by atoms with van der Waals surface area (Å²) in [5.74, 6) is 1.43. The van der Waals surface area contributed by atoms with Crippen LogP contribution in [-0.2, 0) is 6.42 Å². The van der Waals surface area contributed by atoms with E-state index in [1.807, 2.05) is 55.1 Å². The molecule has 1 unspecified atom stereocenters. The maximum Gasteiger partial charge on any atom is 0.274 e. The summed E-state index contributed by atoms with van der Waals surface area (Å²) in [5, 5.41) is 3.78. The Balaban J connectivity index is 1.32. The molecule has 0 aliphatic carbocycles. The van der Waals surface area contributed by atoms with Gasteiger partial charge in [-0.25, -0.2) is 4.98 Å². The van der Waals surface area contributed by atoms with Crippen molar-refractivity contribution in [2.24, 2.45) is 0 Å². The first-order valence-electron chi connectivity index (χ1n) is 11.0. The zero-order valence-electron chi connectivity index (χ0n) is 18.6. The molecule has 2 aromatic carbocycles. The third-order valence-electron chi connectivity index (χ3n) is 5.89. The quantitative estimate of drug-likeness (QED) is 0.591. The summed E-state index contributed by atoms with van der Waals surface area (Å²) in [4.78, 5) is 33.8. The summed E-state index contributed by atoms with van der Waals surface area (Å²) in [6.45, 7) is 5.62. The number of aryl methyl sites for hydroxylation is 2. The van der Waals surface area contributed by atoms with Gasteiger partial charge in [-0.1, -0.05) is 35.9 Å². The molecule has 0 saturated carbocycles. The average molecular weight is 480 g/mol. The van der Waals surface area contributed by atoms with E-state index in [-0.39, 0.29) is 17.2 Å². The van der Waals surface area contributed by atoms with Gasteiger partial charge in [-0.2, -0.15) is 0 Å². The van der Waals surface area contributed by atoms with Crippen LogP contribution in [0.15, 0.2) is 42.5 Å². The molecular weight excluding hydrogens is 454 g/mol. The van der Waals surface area contributed by atoms with Gasteiger partial charge in [0.05, 0.1) is 21.9 Å². The topological polar surface area (TPSA) is 71.5 Å². The van der Waals surface area contributed by atoms with Crippen LogP contribution in [0.4, 0.5) is 0 Å². The standard InChI is InChI=1S/C25H25N3O3S2/c1-15-5-3-6-17(13-15)23-22(27-16(2)33-23)25(30)28-10-12-32-21(28)14-26-24(29)19-7-4-8-20-18(19)9-11-31-20/h3-8,13,21H,9-12,14H2,1-2H3,(H,26,29). The van der Waals surface area contributed by atoms with Gasteiger partial charge in [-0.05, 0) is 31.5 Å². The Morgan fingerprint density at radius 2 is 2.06 bits per heavy atom. The number of nitrogens with zero attached hydrogens (tertiary/aromatic N) is 2. The molecule has 2 amide bonds. The lowest BCUT2D eigenvalue weighted by atomic mass is 10.0. The van der Waals surface area contributed by atoms with E-state index in [4.69, 9.17) is 4.74 Å². The molecule has 0 radical (unpaired) electrons. The maximum atomic E-state index is 13.5. The molecule has 2 aliphatic heterocycles. The molecule has 2 aliphatic rings. The molecule has 3 aromatic rings. The highest BCUT2D eigenvalue weighted by atomic mass is 32.2.